The van der Waals surface area contributed by atoms with E-state index in [1.54, 1.807) is 0 Å². The van der Waals surface area contributed by atoms with Crippen LogP contribution in [-0.4, -0.2) is 4.98 Å². The van der Waals surface area contributed by atoms with Gasteiger partial charge in [-0.2, -0.15) is 0 Å². The minimum atomic E-state index is 0.936. The molecule has 0 aliphatic heterocycles. The zero-order valence-electron chi connectivity index (χ0n) is 5.02. The summed E-state index contributed by atoms with van der Waals surface area (Å²) in [5, 5.41) is 0. The zero-order valence-corrected chi connectivity index (χ0v) is 7.18. The van der Waals surface area contributed by atoms with E-state index in [4.69, 9.17) is 0 Å². The van der Waals surface area contributed by atoms with Crippen LogP contribution in [0, 0.1) is 3.57 Å². The summed E-state index contributed by atoms with van der Waals surface area (Å²) in [6.45, 7) is 3.65. The zero-order chi connectivity index (χ0) is 6.69. The minimum Gasteiger partial charge on any atom is -0.364 e. The lowest BCUT2D eigenvalue weighted by Crippen LogP contribution is -1.81. The van der Waals surface area contributed by atoms with Gasteiger partial charge in [-0.15, -0.1) is 6.58 Å². The molecule has 0 bridgehead atoms. The van der Waals surface area contributed by atoms with Crippen LogP contribution in [0.2, 0.25) is 0 Å². The van der Waals surface area contributed by atoms with E-state index in [1.165, 1.54) is 9.26 Å². The summed E-state index contributed by atoms with van der Waals surface area (Å²) in [5.41, 5.74) is 1.26. The smallest absolute Gasteiger partial charge is 0.0340 e. The highest BCUT2D eigenvalue weighted by molar-refractivity contribution is 14.1. The van der Waals surface area contributed by atoms with Crippen LogP contribution < -0.4 is 0 Å². The first kappa shape index (κ1) is 6.86. The number of aromatic nitrogens is 1. The molecule has 0 atom stereocenters. The standard InChI is InChI=1S/C7H8IN/c1-2-3-7-6(8)4-5-9-7/h2,4-5,9H,1,3H2. The van der Waals surface area contributed by atoms with Crippen LogP contribution in [0.4, 0.5) is 0 Å². The first-order valence-corrected chi connectivity index (χ1v) is 3.85. The van der Waals surface area contributed by atoms with Gasteiger partial charge in [-0.1, -0.05) is 6.08 Å². The van der Waals surface area contributed by atoms with Gasteiger partial charge in [0.05, 0.1) is 0 Å². The molecule has 1 heterocycles. The van der Waals surface area contributed by atoms with Crippen molar-refractivity contribution in [3.8, 4) is 0 Å². The van der Waals surface area contributed by atoms with E-state index in [0.29, 0.717) is 0 Å². The molecule has 0 aliphatic carbocycles. The first-order chi connectivity index (χ1) is 4.34. The normalized spacial score (nSPS) is 9.44. The molecule has 1 N–H and O–H groups in total. The first-order valence-electron chi connectivity index (χ1n) is 2.77. The highest BCUT2D eigenvalue weighted by Gasteiger charge is 1.94. The molecule has 0 saturated carbocycles. The molecular weight excluding hydrogens is 225 g/mol. The van der Waals surface area contributed by atoms with Crippen molar-refractivity contribution in [3.05, 3.63) is 34.2 Å². The number of hydrogen-bond donors (Lipinski definition) is 1. The predicted molar refractivity (Wildman–Crippen MR) is 47.4 cm³/mol. The molecule has 0 aromatic carbocycles. The van der Waals surface area contributed by atoms with E-state index in [0.717, 1.165) is 6.42 Å². The summed E-state index contributed by atoms with van der Waals surface area (Å²) < 4.78 is 1.28. The number of hydrogen-bond acceptors (Lipinski definition) is 0. The molecule has 9 heavy (non-hydrogen) atoms. The SMILES string of the molecule is C=CCc1[nH]ccc1I. The predicted octanol–water partition coefficient (Wildman–Crippen LogP) is 2.35. The maximum Gasteiger partial charge on any atom is 0.0340 e. The van der Waals surface area contributed by atoms with Gasteiger partial charge in [0.2, 0.25) is 0 Å². The maximum atomic E-state index is 3.65. The second-order valence-corrected chi connectivity index (χ2v) is 2.96. The molecule has 0 unspecified atom stereocenters. The van der Waals surface area contributed by atoms with Gasteiger partial charge in [-0.25, -0.2) is 0 Å². The van der Waals surface area contributed by atoms with Gasteiger partial charge in [0.1, 0.15) is 0 Å². The molecule has 0 radical (unpaired) electrons. The summed E-state index contributed by atoms with van der Waals surface area (Å²) in [6, 6.07) is 2.05. The Hall–Kier alpha value is -0.250. The fourth-order valence-corrected chi connectivity index (χ4v) is 1.24. The van der Waals surface area contributed by atoms with Crippen molar-refractivity contribution < 1.29 is 0 Å². The van der Waals surface area contributed by atoms with Crippen LogP contribution in [0.25, 0.3) is 0 Å². The second-order valence-electron chi connectivity index (χ2n) is 1.80. The van der Waals surface area contributed by atoms with Gasteiger partial charge in [0.15, 0.2) is 0 Å². The molecule has 1 rings (SSSR count). The minimum absolute atomic E-state index is 0.936. The number of rotatable bonds is 2. The Bertz CT molecular complexity index is 202. The van der Waals surface area contributed by atoms with Crippen molar-refractivity contribution in [1.82, 2.24) is 4.98 Å². The van der Waals surface area contributed by atoms with Crippen molar-refractivity contribution in [3.63, 3.8) is 0 Å². The van der Waals surface area contributed by atoms with Gasteiger partial charge in [0, 0.05) is 21.9 Å². The van der Waals surface area contributed by atoms with E-state index >= 15 is 0 Å². The number of aromatic amines is 1. The summed E-state index contributed by atoms with van der Waals surface area (Å²) in [4.78, 5) is 3.13. The van der Waals surface area contributed by atoms with Gasteiger partial charge >= 0.3 is 0 Å². The molecule has 0 amide bonds. The van der Waals surface area contributed by atoms with E-state index in [-0.39, 0.29) is 0 Å². The Morgan fingerprint density at radius 1 is 1.78 bits per heavy atom. The number of allylic oxidation sites excluding steroid dienone is 1. The molecule has 0 fully saturated rings. The summed E-state index contributed by atoms with van der Waals surface area (Å²) >= 11 is 2.30. The third-order valence-corrected chi connectivity index (χ3v) is 2.13. The van der Waals surface area contributed by atoms with Crippen molar-refractivity contribution in [2.24, 2.45) is 0 Å². The molecule has 0 saturated heterocycles. The van der Waals surface area contributed by atoms with Crippen molar-refractivity contribution >= 4 is 22.6 Å². The van der Waals surface area contributed by atoms with Crippen LogP contribution in [0.15, 0.2) is 24.9 Å². The number of H-pyrrole nitrogens is 1. The van der Waals surface area contributed by atoms with Crippen molar-refractivity contribution in [2.45, 2.75) is 6.42 Å². The topological polar surface area (TPSA) is 15.8 Å². The summed E-state index contributed by atoms with van der Waals surface area (Å²) in [5.74, 6) is 0. The fraction of sp³-hybridized carbons (Fsp3) is 0.143. The molecule has 0 aliphatic rings. The van der Waals surface area contributed by atoms with Crippen LogP contribution in [0.1, 0.15) is 5.69 Å². The molecule has 1 nitrogen and oxygen atoms in total. The lowest BCUT2D eigenvalue weighted by atomic mass is 10.3. The fourth-order valence-electron chi connectivity index (χ4n) is 0.686. The van der Waals surface area contributed by atoms with Gasteiger partial charge in [0.25, 0.3) is 0 Å². The number of halogens is 1. The average Bonchev–Trinajstić information content (AvgIpc) is 2.18. The third-order valence-electron chi connectivity index (χ3n) is 1.12. The summed E-state index contributed by atoms with van der Waals surface area (Å²) in [6.07, 6.45) is 4.78. The Balaban J connectivity index is 2.80. The van der Waals surface area contributed by atoms with E-state index in [9.17, 15) is 0 Å². The lowest BCUT2D eigenvalue weighted by molar-refractivity contribution is 1.14. The Labute approximate surface area is 68.3 Å². The highest BCUT2D eigenvalue weighted by atomic mass is 127. The Kier molecular flexibility index (Phi) is 2.33. The lowest BCUT2D eigenvalue weighted by Gasteiger charge is -1.89. The van der Waals surface area contributed by atoms with Crippen LogP contribution >= 0.6 is 22.6 Å². The Morgan fingerprint density at radius 3 is 3.00 bits per heavy atom. The van der Waals surface area contributed by atoms with E-state index < -0.39 is 0 Å². The van der Waals surface area contributed by atoms with Crippen LogP contribution in [-0.2, 0) is 6.42 Å². The Morgan fingerprint density at radius 2 is 2.56 bits per heavy atom. The third kappa shape index (κ3) is 1.58. The second kappa shape index (κ2) is 3.06. The van der Waals surface area contributed by atoms with Crippen molar-refractivity contribution in [2.75, 3.05) is 0 Å². The molecular formula is C7H8IN. The van der Waals surface area contributed by atoms with Gasteiger partial charge in [-0.05, 0) is 28.7 Å². The van der Waals surface area contributed by atoms with Gasteiger partial charge in [-0.3, -0.25) is 0 Å². The average molecular weight is 233 g/mol. The molecule has 48 valence electrons. The van der Waals surface area contributed by atoms with E-state index in [2.05, 4.69) is 40.2 Å². The van der Waals surface area contributed by atoms with Crippen LogP contribution in [0.3, 0.4) is 0 Å². The van der Waals surface area contributed by atoms with Crippen LogP contribution in [0.5, 0.6) is 0 Å². The largest absolute Gasteiger partial charge is 0.364 e. The van der Waals surface area contributed by atoms with Gasteiger partial charge < -0.3 is 4.98 Å². The molecule has 2 heteroatoms. The quantitative estimate of drug-likeness (QED) is 0.596. The molecule has 1 aromatic rings. The summed E-state index contributed by atoms with van der Waals surface area (Å²) in [7, 11) is 0. The monoisotopic (exact) mass is 233 g/mol. The maximum absolute atomic E-state index is 3.65. The van der Waals surface area contributed by atoms with E-state index in [1.807, 2.05) is 12.3 Å². The van der Waals surface area contributed by atoms with Crippen molar-refractivity contribution in [1.29, 1.82) is 0 Å². The molecule has 0 spiro atoms. The molecule has 1 aromatic heterocycles. The highest BCUT2D eigenvalue weighted by Crippen LogP contribution is 2.09. The number of nitrogens with one attached hydrogen (secondary N) is 1.